The predicted octanol–water partition coefficient (Wildman–Crippen LogP) is 3.90. The third kappa shape index (κ3) is 7.68. The summed E-state index contributed by atoms with van der Waals surface area (Å²) >= 11 is 0. The fraction of sp³-hybridized carbons (Fsp3) is 0.450. The number of rotatable bonds is 6. The highest BCUT2D eigenvalue weighted by molar-refractivity contribution is 5.74. The first-order valence-electron chi connectivity index (χ1n) is 9.97. The molecule has 3 heterocycles. The van der Waals surface area contributed by atoms with Crippen molar-refractivity contribution in [3.63, 3.8) is 0 Å². The second kappa shape index (κ2) is 10.1. The summed E-state index contributed by atoms with van der Waals surface area (Å²) in [5.41, 5.74) is -0.231. The number of urea groups is 1. The highest BCUT2D eigenvalue weighted by atomic mass is 19.4. The van der Waals surface area contributed by atoms with Gasteiger partial charge in [-0.3, -0.25) is 0 Å². The number of hydrogen-bond donors (Lipinski definition) is 2. The van der Waals surface area contributed by atoms with Gasteiger partial charge in [-0.15, -0.1) is 0 Å². The number of piperidine rings is 1. The molecule has 180 valence electrons. The molecule has 2 N–H and O–H groups in total. The molecule has 0 aliphatic carbocycles. The number of nitrogens with zero attached hydrogens (tertiary/aromatic N) is 3. The smallest absolute Gasteiger partial charge is 0.422 e. The molecule has 0 radical (unpaired) electrons. The highest BCUT2D eigenvalue weighted by Crippen LogP contribution is 2.29. The van der Waals surface area contributed by atoms with Crippen molar-refractivity contribution in [2.75, 3.05) is 24.6 Å². The van der Waals surface area contributed by atoms with E-state index in [1.165, 1.54) is 24.4 Å². The van der Waals surface area contributed by atoms with Crippen LogP contribution in [0.4, 0.5) is 37.0 Å². The second-order valence-electron chi connectivity index (χ2n) is 7.40. The molecule has 0 atom stereocenters. The standard InChI is InChI=1S/C20H21F6N5O2/c21-19(22,23)12-33-17-4-1-13(9-28-17)10-29-18(32)30-15-5-7-31(8-6-15)16-3-2-14(11-27-16)20(24,25)26/h1-4,9,11,15H,5-8,10,12H2,(H2,29,30,32). The number of pyridine rings is 2. The van der Waals surface area contributed by atoms with Gasteiger partial charge in [-0.1, -0.05) is 6.07 Å². The molecule has 1 aliphatic heterocycles. The number of alkyl halides is 6. The van der Waals surface area contributed by atoms with E-state index in [4.69, 9.17) is 0 Å². The topological polar surface area (TPSA) is 79.4 Å². The molecular weight excluding hydrogens is 456 g/mol. The van der Waals surface area contributed by atoms with E-state index in [2.05, 4.69) is 25.3 Å². The number of aromatic nitrogens is 2. The number of hydrogen-bond acceptors (Lipinski definition) is 5. The minimum Gasteiger partial charge on any atom is -0.468 e. The maximum Gasteiger partial charge on any atom is 0.422 e. The van der Waals surface area contributed by atoms with E-state index in [1.807, 2.05) is 4.90 Å². The van der Waals surface area contributed by atoms with Crippen molar-refractivity contribution in [3.8, 4) is 5.88 Å². The first kappa shape index (κ1) is 24.4. The molecule has 3 rings (SSSR count). The van der Waals surface area contributed by atoms with Gasteiger partial charge in [-0.25, -0.2) is 14.8 Å². The third-order valence-corrected chi connectivity index (χ3v) is 4.86. The summed E-state index contributed by atoms with van der Waals surface area (Å²) in [6, 6.07) is 4.56. The van der Waals surface area contributed by atoms with E-state index in [0.29, 0.717) is 37.3 Å². The summed E-state index contributed by atoms with van der Waals surface area (Å²) in [5, 5.41) is 5.46. The molecule has 7 nitrogen and oxygen atoms in total. The van der Waals surface area contributed by atoms with Crippen LogP contribution in [0.3, 0.4) is 0 Å². The van der Waals surface area contributed by atoms with E-state index >= 15 is 0 Å². The van der Waals surface area contributed by atoms with Gasteiger partial charge in [-0.05, 0) is 30.5 Å². The Balaban J connectivity index is 1.39. The first-order valence-corrected chi connectivity index (χ1v) is 9.97. The molecule has 0 saturated carbocycles. The van der Waals surface area contributed by atoms with Gasteiger partial charge in [0.05, 0.1) is 5.56 Å². The van der Waals surface area contributed by atoms with Crippen LogP contribution in [0.15, 0.2) is 36.7 Å². The van der Waals surface area contributed by atoms with Gasteiger partial charge in [-0.2, -0.15) is 26.3 Å². The summed E-state index contributed by atoms with van der Waals surface area (Å²) in [5.74, 6) is 0.274. The number of carbonyl (C=O) groups excluding carboxylic acids is 1. The number of amides is 2. The van der Waals surface area contributed by atoms with Crippen LogP contribution < -0.4 is 20.3 Å². The monoisotopic (exact) mass is 477 g/mol. The molecule has 0 bridgehead atoms. The van der Waals surface area contributed by atoms with Gasteiger partial charge in [0.15, 0.2) is 6.61 Å². The molecule has 2 aromatic rings. The Morgan fingerprint density at radius 1 is 1.03 bits per heavy atom. The van der Waals surface area contributed by atoms with Crippen LogP contribution in [0, 0.1) is 0 Å². The van der Waals surface area contributed by atoms with Crippen molar-refractivity contribution in [2.24, 2.45) is 0 Å². The Labute approximate surface area is 185 Å². The molecule has 1 aliphatic rings. The molecule has 0 spiro atoms. The zero-order valence-corrected chi connectivity index (χ0v) is 17.2. The van der Waals surface area contributed by atoms with Crippen LogP contribution >= 0.6 is 0 Å². The quantitative estimate of drug-likeness (QED) is 0.617. The minimum absolute atomic E-state index is 0.118. The highest BCUT2D eigenvalue weighted by Gasteiger charge is 2.31. The van der Waals surface area contributed by atoms with Crippen LogP contribution in [0.1, 0.15) is 24.0 Å². The molecule has 33 heavy (non-hydrogen) atoms. The lowest BCUT2D eigenvalue weighted by molar-refractivity contribution is -0.154. The lowest BCUT2D eigenvalue weighted by atomic mass is 10.1. The number of carbonyl (C=O) groups is 1. The van der Waals surface area contributed by atoms with Gasteiger partial charge in [0.1, 0.15) is 5.82 Å². The van der Waals surface area contributed by atoms with Crippen molar-refractivity contribution in [2.45, 2.75) is 37.8 Å². The Kier molecular flexibility index (Phi) is 7.49. The van der Waals surface area contributed by atoms with Crippen molar-refractivity contribution in [3.05, 3.63) is 47.8 Å². The predicted molar refractivity (Wildman–Crippen MR) is 106 cm³/mol. The number of ether oxygens (including phenoxy) is 1. The average Bonchev–Trinajstić information content (AvgIpc) is 2.76. The normalized spacial score (nSPS) is 15.3. The Morgan fingerprint density at radius 3 is 2.30 bits per heavy atom. The van der Waals surface area contributed by atoms with Gasteiger partial charge >= 0.3 is 18.4 Å². The lowest BCUT2D eigenvalue weighted by Crippen LogP contribution is -2.48. The Bertz CT molecular complexity index is 911. The van der Waals surface area contributed by atoms with Gasteiger partial charge in [0, 0.05) is 44.1 Å². The maximum absolute atomic E-state index is 12.6. The van der Waals surface area contributed by atoms with E-state index in [9.17, 15) is 31.1 Å². The van der Waals surface area contributed by atoms with E-state index in [1.54, 1.807) is 0 Å². The summed E-state index contributed by atoms with van der Waals surface area (Å²) in [6.45, 7) is -0.278. The summed E-state index contributed by atoms with van der Waals surface area (Å²) in [4.78, 5) is 21.6. The van der Waals surface area contributed by atoms with Crippen LogP contribution in [0.25, 0.3) is 0 Å². The lowest BCUT2D eigenvalue weighted by Gasteiger charge is -2.33. The molecule has 0 aromatic carbocycles. The Hall–Kier alpha value is -3.25. The fourth-order valence-electron chi connectivity index (χ4n) is 3.17. The van der Waals surface area contributed by atoms with Crippen molar-refractivity contribution >= 4 is 11.8 Å². The Morgan fingerprint density at radius 2 is 1.76 bits per heavy atom. The number of nitrogens with one attached hydrogen (secondary N) is 2. The van der Waals surface area contributed by atoms with Crippen LogP contribution in [0.5, 0.6) is 5.88 Å². The third-order valence-electron chi connectivity index (χ3n) is 4.86. The van der Waals surface area contributed by atoms with E-state index in [0.717, 1.165) is 12.3 Å². The van der Waals surface area contributed by atoms with E-state index in [-0.39, 0.29) is 18.5 Å². The van der Waals surface area contributed by atoms with Crippen molar-refractivity contribution < 1.29 is 35.9 Å². The molecule has 2 amide bonds. The average molecular weight is 477 g/mol. The zero-order valence-electron chi connectivity index (χ0n) is 17.2. The number of anilines is 1. The molecule has 2 aromatic heterocycles. The van der Waals surface area contributed by atoms with Gasteiger partial charge in [0.25, 0.3) is 0 Å². The van der Waals surface area contributed by atoms with Crippen molar-refractivity contribution in [1.82, 2.24) is 20.6 Å². The van der Waals surface area contributed by atoms with Gasteiger partial charge in [0.2, 0.25) is 5.88 Å². The molecule has 13 heteroatoms. The molecule has 0 unspecified atom stereocenters. The summed E-state index contributed by atoms with van der Waals surface area (Å²) in [7, 11) is 0. The summed E-state index contributed by atoms with van der Waals surface area (Å²) in [6.07, 6.45) is -5.61. The van der Waals surface area contributed by atoms with Crippen LogP contribution in [-0.4, -0.2) is 47.9 Å². The minimum atomic E-state index is -4.45. The van der Waals surface area contributed by atoms with Crippen LogP contribution in [0.2, 0.25) is 0 Å². The summed E-state index contributed by atoms with van der Waals surface area (Å²) < 4.78 is 78.9. The van der Waals surface area contributed by atoms with Gasteiger partial charge < -0.3 is 20.3 Å². The maximum atomic E-state index is 12.6. The van der Waals surface area contributed by atoms with Crippen LogP contribution in [-0.2, 0) is 12.7 Å². The molecular formula is C20H21F6N5O2. The van der Waals surface area contributed by atoms with E-state index < -0.39 is 30.6 Å². The number of halogens is 6. The molecule has 1 fully saturated rings. The largest absolute Gasteiger partial charge is 0.468 e. The zero-order chi connectivity index (χ0) is 24.1. The second-order valence-corrected chi connectivity index (χ2v) is 7.40. The fourth-order valence-corrected chi connectivity index (χ4v) is 3.17. The first-order chi connectivity index (χ1) is 15.5. The molecule has 1 saturated heterocycles. The van der Waals surface area contributed by atoms with Crippen molar-refractivity contribution in [1.29, 1.82) is 0 Å². The SMILES string of the molecule is O=C(NCc1ccc(OCC(F)(F)F)nc1)NC1CCN(c2ccc(C(F)(F)F)cn2)CC1.